The van der Waals surface area contributed by atoms with Gasteiger partial charge in [0.25, 0.3) is 5.88 Å². The van der Waals surface area contributed by atoms with E-state index in [2.05, 4.69) is 15.6 Å². The van der Waals surface area contributed by atoms with Gasteiger partial charge in [-0.25, -0.2) is 9.67 Å². The number of pyridine rings is 1. The Labute approximate surface area is 118 Å². The first kappa shape index (κ1) is 14.3. The Morgan fingerprint density at radius 3 is 2.50 bits per heavy atom. The third-order valence-corrected chi connectivity index (χ3v) is 2.50. The normalized spacial score (nSPS) is 11.4. The van der Waals surface area contributed by atoms with Crippen LogP contribution in [0.2, 0.25) is 0 Å². The van der Waals surface area contributed by atoms with Crippen LogP contribution in [-0.4, -0.2) is 27.4 Å². The SMILES string of the molecule is COc1ccc(-n2nc(ONC(C)(C)C)cc2C)cn1. The number of nitrogens with zero attached hydrogens (tertiary/aromatic N) is 3. The predicted molar refractivity (Wildman–Crippen MR) is 76.2 cm³/mol. The molecule has 108 valence electrons. The zero-order valence-electron chi connectivity index (χ0n) is 12.5. The van der Waals surface area contributed by atoms with Gasteiger partial charge in [-0.3, -0.25) is 0 Å². The lowest BCUT2D eigenvalue weighted by atomic mass is 10.1. The van der Waals surface area contributed by atoms with Gasteiger partial charge >= 0.3 is 0 Å². The van der Waals surface area contributed by atoms with Crippen LogP contribution in [0.4, 0.5) is 0 Å². The summed E-state index contributed by atoms with van der Waals surface area (Å²) < 4.78 is 6.81. The zero-order valence-corrected chi connectivity index (χ0v) is 12.5. The van der Waals surface area contributed by atoms with E-state index in [4.69, 9.17) is 9.57 Å². The lowest BCUT2D eigenvalue weighted by molar-refractivity contribution is 0.112. The van der Waals surface area contributed by atoms with Crippen LogP contribution >= 0.6 is 0 Å². The second-order valence-corrected chi connectivity index (χ2v) is 5.55. The number of rotatable bonds is 4. The Morgan fingerprint density at radius 2 is 1.95 bits per heavy atom. The van der Waals surface area contributed by atoms with Gasteiger partial charge in [0.05, 0.1) is 19.0 Å². The number of methoxy groups -OCH3 is 1. The number of aryl methyl sites for hydroxylation is 1. The summed E-state index contributed by atoms with van der Waals surface area (Å²) >= 11 is 0. The van der Waals surface area contributed by atoms with Gasteiger partial charge < -0.3 is 9.57 Å². The average Bonchev–Trinajstić information content (AvgIpc) is 2.77. The summed E-state index contributed by atoms with van der Waals surface area (Å²) in [5, 5.41) is 4.39. The van der Waals surface area contributed by atoms with Gasteiger partial charge in [-0.1, -0.05) is 0 Å². The maximum absolute atomic E-state index is 5.47. The van der Waals surface area contributed by atoms with Gasteiger partial charge in [0, 0.05) is 23.4 Å². The summed E-state index contributed by atoms with van der Waals surface area (Å²) in [6.07, 6.45) is 1.71. The van der Waals surface area contributed by atoms with Crippen molar-refractivity contribution in [3.05, 3.63) is 30.1 Å². The minimum Gasteiger partial charge on any atom is -0.481 e. The fourth-order valence-corrected chi connectivity index (χ4v) is 1.58. The molecule has 0 unspecified atom stereocenters. The monoisotopic (exact) mass is 276 g/mol. The molecule has 6 nitrogen and oxygen atoms in total. The summed E-state index contributed by atoms with van der Waals surface area (Å²) in [7, 11) is 1.59. The molecule has 0 spiro atoms. The third-order valence-electron chi connectivity index (χ3n) is 2.50. The Bertz CT molecular complexity index is 570. The maximum atomic E-state index is 5.47. The van der Waals surface area contributed by atoms with Crippen LogP contribution < -0.4 is 15.1 Å². The Morgan fingerprint density at radius 1 is 1.20 bits per heavy atom. The van der Waals surface area contributed by atoms with Gasteiger partial charge in [0.1, 0.15) is 0 Å². The molecule has 0 bridgehead atoms. The number of hydrogen-bond donors (Lipinski definition) is 1. The van der Waals surface area contributed by atoms with Crippen LogP contribution in [0.15, 0.2) is 24.4 Å². The van der Waals surface area contributed by atoms with Crippen molar-refractivity contribution < 1.29 is 9.57 Å². The van der Waals surface area contributed by atoms with E-state index in [9.17, 15) is 0 Å². The molecule has 2 heterocycles. The Hall–Kier alpha value is -2.08. The molecule has 0 saturated heterocycles. The summed E-state index contributed by atoms with van der Waals surface area (Å²) in [5.41, 5.74) is 4.61. The van der Waals surface area contributed by atoms with Gasteiger partial charge in [0.2, 0.25) is 5.88 Å². The van der Waals surface area contributed by atoms with Gasteiger partial charge in [-0.05, 0) is 33.8 Å². The van der Waals surface area contributed by atoms with Crippen molar-refractivity contribution in [1.29, 1.82) is 0 Å². The lowest BCUT2D eigenvalue weighted by Crippen LogP contribution is -2.38. The number of nitrogens with one attached hydrogen (secondary N) is 1. The number of aromatic nitrogens is 3. The highest BCUT2D eigenvalue weighted by Gasteiger charge is 2.13. The van der Waals surface area contributed by atoms with E-state index in [0.29, 0.717) is 11.8 Å². The first-order valence-corrected chi connectivity index (χ1v) is 6.40. The largest absolute Gasteiger partial charge is 0.481 e. The van der Waals surface area contributed by atoms with Crippen LogP contribution in [0.5, 0.6) is 11.8 Å². The van der Waals surface area contributed by atoms with E-state index in [1.54, 1.807) is 24.1 Å². The molecule has 0 aliphatic heterocycles. The molecule has 0 amide bonds. The van der Waals surface area contributed by atoms with Crippen molar-refractivity contribution in [2.75, 3.05) is 7.11 Å². The van der Waals surface area contributed by atoms with Crippen LogP contribution in [0.3, 0.4) is 0 Å². The van der Waals surface area contributed by atoms with Gasteiger partial charge in [0.15, 0.2) is 0 Å². The zero-order chi connectivity index (χ0) is 14.8. The molecule has 0 saturated carbocycles. The molecule has 0 aliphatic carbocycles. The lowest BCUT2D eigenvalue weighted by Gasteiger charge is -2.18. The van der Waals surface area contributed by atoms with E-state index in [0.717, 1.165) is 11.4 Å². The summed E-state index contributed by atoms with van der Waals surface area (Å²) in [6, 6.07) is 5.56. The topological polar surface area (TPSA) is 61.2 Å². The second kappa shape index (κ2) is 5.50. The highest BCUT2D eigenvalue weighted by Crippen LogP contribution is 2.17. The van der Waals surface area contributed by atoms with Crippen molar-refractivity contribution in [2.24, 2.45) is 0 Å². The van der Waals surface area contributed by atoms with Crippen molar-refractivity contribution >= 4 is 0 Å². The molecule has 20 heavy (non-hydrogen) atoms. The van der Waals surface area contributed by atoms with E-state index < -0.39 is 0 Å². The average molecular weight is 276 g/mol. The van der Waals surface area contributed by atoms with Crippen molar-refractivity contribution in [2.45, 2.75) is 33.2 Å². The number of hydroxylamine groups is 1. The molecule has 0 aromatic carbocycles. The van der Waals surface area contributed by atoms with Gasteiger partial charge in [-0.2, -0.15) is 0 Å². The molecule has 0 atom stereocenters. The first-order chi connectivity index (χ1) is 9.39. The van der Waals surface area contributed by atoms with Crippen LogP contribution in [0, 0.1) is 6.92 Å². The maximum Gasteiger partial charge on any atom is 0.257 e. The molecule has 0 radical (unpaired) electrons. The van der Waals surface area contributed by atoms with E-state index in [-0.39, 0.29) is 5.54 Å². The fourth-order valence-electron chi connectivity index (χ4n) is 1.58. The molecule has 0 aliphatic rings. The van der Waals surface area contributed by atoms with Gasteiger partial charge in [-0.15, -0.1) is 10.6 Å². The van der Waals surface area contributed by atoms with Crippen LogP contribution in [0.1, 0.15) is 26.5 Å². The van der Waals surface area contributed by atoms with E-state index in [1.165, 1.54) is 0 Å². The standard InChI is InChI=1S/C14H20N4O2/c1-10-8-13(20-17-14(2,3)4)16-18(10)11-6-7-12(19-5)15-9-11/h6-9,17H,1-5H3. The molecule has 6 heteroatoms. The van der Waals surface area contributed by atoms with Crippen molar-refractivity contribution in [3.8, 4) is 17.4 Å². The Kier molecular flexibility index (Phi) is 3.94. The minimum atomic E-state index is -0.140. The molecule has 0 fully saturated rings. The molecule has 1 N–H and O–H groups in total. The summed E-state index contributed by atoms with van der Waals surface area (Å²) in [4.78, 5) is 9.64. The van der Waals surface area contributed by atoms with Crippen molar-refractivity contribution in [3.63, 3.8) is 0 Å². The number of hydrogen-bond acceptors (Lipinski definition) is 5. The number of ether oxygens (including phenoxy) is 1. The highest BCUT2D eigenvalue weighted by molar-refractivity contribution is 5.34. The highest BCUT2D eigenvalue weighted by atomic mass is 16.7. The quantitative estimate of drug-likeness (QED) is 0.868. The minimum absolute atomic E-state index is 0.140. The fraction of sp³-hybridized carbons (Fsp3) is 0.429. The van der Waals surface area contributed by atoms with Crippen molar-refractivity contribution in [1.82, 2.24) is 20.2 Å². The predicted octanol–water partition coefficient (Wildman–Crippen LogP) is 2.27. The third kappa shape index (κ3) is 3.48. The van der Waals surface area contributed by atoms with E-state index >= 15 is 0 Å². The molecular weight excluding hydrogens is 256 g/mol. The van der Waals surface area contributed by atoms with E-state index in [1.807, 2.05) is 39.8 Å². The smallest absolute Gasteiger partial charge is 0.257 e. The molecule has 2 aromatic heterocycles. The summed E-state index contributed by atoms with van der Waals surface area (Å²) in [6.45, 7) is 8.01. The second-order valence-electron chi connectivity index (χ2n) is 5.55. The first-order valence-electron chi connectivity index (χ1n) is 6.40. The molecule has 2 rings (SSSR count). The molecular formula is C14H20N4O2. The van der Waals surface area contributed by atoms with Crippen LogP contribution in [-0.2, 0) is 0 Å². The summed E-state index contributed by atoms with van der Waals surface area (Å²) in [5.74, 6) is 1.10. The Balaban J connectivity index is 2.18. The molecule has 2 aromatic rings. The van der Waals surface area contributed by atoms with Crippen LogP contribution in [0.25, 0.3) is 5.69 Å².